The molecular formula is C32H33N5O4. The van der Waals surface area contributed by atoms with Crippen LogP contribution in [0.3, 0.4) is 0 Å². The van der Waals surface area contributed by atoms with E-state index in [1.165, 1.54) is 4.90 Å². The molecule has 1 aliphatic heterocycles. The second kappa shape index (κ2) is 13.1. The van der Waals surface area contributed by atoms with Gasteiger partial charge in [0.05, 0.1) is 11.4 Å². The van der Waals surface area contributed by atoms with Gasteiger partial charge in [-0.05, 0) is 55.3 Å². The van der Waals surface area contributed by atoms with Crippen molar-refractivity contribution >= 4 is 34.2 Å². The second-order valence-electron chi connectivity index (χ2n) is 10.1. The van der Waals surface area contributed by atoms with Crippen LogP contribution in [-0.4, -0.2) is 62.3 Å². The molecule has 0 saturated carbocycles. The number of nitrogens with one attached hydrogen (secondary N) is 1. The largest absolute Gasteiger partial charge is 0.481 e. The summed E-state index contributed by atoms with van der Waals surface area (Å²) in [5, 5.41) is 13.9. The highest BCUT2D eigenvalue weighted by molar-refractivity contribution is 6.26. The van der Waals surface area contributed by atoms with E-state index in [2.05, 4.69) is 20.2 Å². The summed E-state index contributed by atoms with van der Waals surface area (Å²) in [5.41, 5.74) is 3.85. The zero-order valence-corrected chi connectivity index (χ0v) is 22.8. The Kier molecular flexibility index (Phi) is 8.95. The number of aromatic nitrogens is 2. The summed E-state index contributed by atoms with van der Waals surface area (Å²) < 4.78 is 0. The number of imide groups is 1. The molecule has 1 aliphatic rings. The number of carbonyl (C=O) groups excluding carboxylic acids is 2. The van der Waals surface area contributed by atoms with Crippen LogP contribution in [-0.2, 0) is 17.9 Å². The summed E-state index contributed by atoms with van der Waals surface area (Å²) in [6.45, 7) is 3.00. The van der Waals surface area contributed by atoms with Crippen molar-refractivity contribution in [3.05, 3.63) is 102 Å². The van der Waals surface area contributed by atoms with Gasteiger partial charge in [-0.1, -0.05) is 30.7 Å². The Morgan fingerprint density at radius 3 is 2.12 bits per heavy atom. The van der Waals surface area contributed by atoms with Crippen LogP contribution in [0.15, 0.2) is 79.1 Å². The molecule has 0 radical (unpaired) electrons. The molecule has 0 aliphatic carbocycles. The average molecular weight is 552 g/mol. The van der Waals surface area contributed by atoms with Crippen molar-refractivity contribution in [2.75, 3.05) is 25.0 Å². The molecule has 2 aromatic carbocycles. The van der Waals surface area contributed by atoms with Crippen molar-refractivity contribution in [2.45, 2.75) is 38.8 Å². The average Bonchev–Trinajstić information content (AvgIpc) is 2.98. The number of rotatable bonds is 14. The number of hydrogen-bond donors (Lipinski definition) is 2. The third-order valence-corrected chi connectivity index (χ3v) is 7.23. The Bertz CT molecular complexity index is 1460. The predicted molar refractivity (Wildman–Crippen MR) is 156 cm³/mol. The Morgan fingerprint density at radius 1 is 0.805 bits per heavy atom. The second-order valence-corrected chi connectivity index (χ2v) is 10.1. The van der Waals surface area contributed by atoms with E-state index in [1.807, 2.05) is 54.6 Å². The zero-order chi connectivity index (χ0) is 28.6. The van der Waals surface area contributed by atoms with Crippen molar-refractivity contribution in [3.8, 4) is 0 Å². The van der Waals surface area contributed by atoms with Gasteiger partial charge in [0.15, 0.2) is 0 Å². The van der Waals surface area contributed by atoms with Crippen LogP contribution in [0.2, 0.25) is 0 Å². The van der Waals surface area contributed by atoms with E-state index in [0.717, 1.165) is 29.0 Å². The van der Waals surface area contributed by atoms with Gasteiger partial charge in [-0.3, -0.25) is 34.2 Å². The molecule has 0 atom stereocenters. The van der Waals surface area contributed by atoms with Crippen LogP contribution in [0, 0.1) is 0 Å². The summed E-state index contributed by atoms with van der Waals surface area (Å²) >= 11 is 0. The molecule has 9 nitrogen and oxygen atoms in total. The maximum absolute atomic E-state index is 13.3. The third kappa shape index (κ3) is 6.75. The maximum atomic E-state index is 13.3. The molecule has 9 heteroatoms. The molecule has 210 valence electrons. The van der Waals surface area contributed by atoms with Crippen molar-refractivity contribution in [3.63, 3.8) is 0 Å². The van der Waals surface area contributed by atoms with Crippen LogP contribution in [0.1, 0.15) is 57.8 Å². The van der Waals surface area contributed by atoms with Gasteiger partial charge in [-0.25, -0.2) is 0 Å². The molecule has 4 aromatic rings. The van der Waals surface area contributed by atoms with Gasteiger partial charge in [0.1, 0.15) is 0 Å². The number of unbranched alkanes of at least 4 members (excludes halogenated alkanes) is 2. The van der Waals surface area contributed by atoms with E-state index in [-0.39, 0.29) is 24.8 Å². The molecule has 0 bridgehead atoms. The quantitative estimate of drug-likeness (QED) is 0.166. The fraction of sp³-hybridized carbons (Fsp3) is 0.281. The third-order valence-electron chi connectivity index (χ3n) is 7.23. The summed E-state index contributed by atoms with van der Waals surface area (Å²) in [5.74, 6) is -1.45. The molecule has 2 aromatic heterocycles. The van der Waals surface area contributed by atoms with Gasteiger partial charge in [0.25, 0.3) is 11.8 Å². The van der Waals surface area contributed by atoms with E-state index in [9.17, 15) is 14.4 Å². The monoisotopic (exact) mass is 551 g/mol. The molecule has 5 rings (SSSR count). The standard InChI is InChI=1S/C32H33N5O4/c38-29(39)13-2-1-7-19-37-31(40)26-12-8-11-25-28(15-14-27(30(25)26)32(37)41)35-18-20-36(21-23-9-3-5-16-33-23)22-24-10-4-6-17-34-24/h3-6,8-12,14-17,35H,1-2,7,13,18-22H2,(H,38,39). The number of carboxylic acids is 1. The molecule has 0 spiro atoms. The van der Waals surface area contributed by atoms with E-state index >= 15 is 0 Å². The highest BCUT2D eigenvalue weighted by Crippen LogP contribution is 2.34. The number of anilines is 1. The van der Waals surface area contributed by atoms with E-state index in [0.29, 0.717) is 55.4 Å². The smallest absolute Gasteiger partial charge is 0.303 e. The SMILES string of the molecule is O=C(O)CCCCCN1C(=O)c2cccc3c(NCCN(Cc4ccccn4)Cc4ccccn4)ccc(c23)C1=O. The first-order valence-electron chi connectivity index (χ1n) is 13.9. The van der Waals surface area contributed by atoms with Crippen LogP contribution in [0.5, 0.6) is 0 Å². The number of benzene rings is 2. The minimum atomic E-state index is -0.839. The summed E-state index contributed by atoms with van der Waals surface area (Å²) in [6.07, 6.45) is 5.41. The first-order chi connectivity index (χ1) is 20.0. The van der Waals surface area contributed by atoms with Crippen LogP contribution >= 0.6 is 0 Å². The lowest BCUT2D eigenvalue weighted by Gasteiger charge is -2.28. The van der Waals surface area contributed by atoms with Gasteiger partial charge < -0.3 is 10.4 Å². The summed E-state index contributed by atoms with van der Waals surface area (Å²) in [7, 11) is 0. The molecule has 0 unspecified atom stereocenters. The lowest BCUT2D eigenvalue weighted by molar-refractivity contribution is -0.137. The Balaban J connectivity index is 1.29. The summed E-state index contributed by atoms with van der Waals surface area (Å²) in [4.78, 5) is 49.9. The number of nitrogens with zero attached hydrogens (tertiary/aromatic N) is 4. The molecule has 2 N–H and O–H groups in total. The first-order valence-corrected chi connectivity index (χ1v) is 13.9. The Morgan fingerprint density at radius 2 is 1.49 bits per heavy atom. The topological polar surface area (TPSA) is 116 Å². The minimum absolute atomic E-state index is 0.0872. The number of hydrogen-bond acceptors (Lipinski definition) is 7. The minimum Gasteiger partial charge on any atom is -0.481 e. The van der Waals surface area contributed by atoms with E-state index < -0.39 is 5.97 Å². The molecule has 2 amide bonds. The maximum Gasteiger partial charge on any atom is 0.303 e. The fourth-order valence-corrected chi connectivity index (χ4v) is 5.23. The normalized spacial score (nSPS) is 12.8. The van der Waals surface area contributed by atoms with Gasteiger partial charge in [0.2, 0.25) is 0 Å². The number of amides is 2. The van der Waals surface area contributed by atoms with Crippen LogP contribution in [0.25, 0.3) is 10.8 Å². The van der Waals surface area contributed by atoms with Gasteiger partial charge in [-0.2, -0.15) is 0 Å². The highest BCUT2D eigenvalue weighted by atomic mass is 16.4. The molecule has 0 saturated heterocycles. The first kappa shape index (κ1) is 27.9. The van der Waals surface area contributed by atoms with Gasteiger partial charge in [-0.15, -0.1) is 0 Å². The fourth-order valence-electron chi connectivity index (χ4n) is 5.23. The lowest BCUT2D eigenvalue weighted by Crippen LogP contribution is -2.40. The Hall–Kier alpha value is -4.63. The van der Waals surface area contributed by atoms with Crippen molar-refractivity contribution in [2.24, 2.45) is 0 Å². The lowest BCUT2D eigenvalue weighted by atomic mass is 9.93. The van der Waals surface area contributed by atoms with Gasteiger partial charge in [0, 0.05) is 79.1 Å². The predicted octanol–water partition coefficient (Wildman–Crippen LogP) is 4.99. The molecular weight excluding hydrogens is 518 g/mol. The van der Waals surface area contributed by atoms with E-state index in [4.69, 9.17) is 5.11 Å². The summed E-state index contributed by atoms with van der Waals surface area (Å²) in [6, 6.07) is 21.1. The molecule has 41 heavy (non-hydrogen) atoms. The van der Waals surface area contributed by atoms with Crippen molar-refractivity contribution in [1.82, 2.24) is 19.8 Å². The van der Waals surface area contributed by atoms with Gasteiger partial charge >= 0.3 is 5.97 Å². The van der Waals surface area contributed by atoms with Crippen LogP contribution in [0.4, 0.5) is 5.69 Å². The number of aliphatic carboxylic acids is 1. The van der Waals surface area contributed by atoms with E-state index in [1.54, 1.807) is 24.5 Å². The number of carboxylic acid groups (broad SMARTS) is 1. The van der Waals surface area contributed by atoms with Crippen LogP contribution < -0.4 is 5.32 Å². The van der Waals surface area contributed by atoms with Crippen molar-refractivity contribution < 1.29 is 19.5 Å². The van der Waals surface area contributed by atoms with Crippen molar-refractivity contribution in [1.29, 1.82) is 0 Å². The highest BCUT2D eigenvalue weighted by Gasteiger charge is 2.32. The Labute approximate surface area is 238 Å². The molecule has 0 fully saturated rings. The number of pyridine rings is 2. The zero-order valence-electron chi connectivity index (χ0n) is 22.8. The number of carbonyl (C=O) groups is 3. The molecule has 3 heterocycles.